The summed E-state index contributed by atoms with van der Waals surface area (Å²) < 4.78 is 5.06. The summed E-state index contributed by atoms with van der Waals surface area (Å²) in [5.74, 6) is -0.213. The Morgan fingerprint density at radius 2 is 2.05 bits per heavy atom. The molecule has 1 aromatic carbocycles. The molecular weight excluding hydrogens is 238 g/mol. The maximum absolute atomic E-state index is 12.4. The van der Waals surface area contributed by atoms with E-state index in [9.17, 15) is 10.1 Å². The second kappa shape index (κ2) is 4.09. The lowest BCUT2D eigenvalue weighted by Gasteiger charge is -2.26. The number of nitrogens with zero attached hydrogens (tertiary/aromatic N) is 1. The molecule has 0 amide bonds. The lowest BCUT2D eigenvalue weighted by Crippen LogP contribution is -2.34. The first kappa shape index (κ1) is 12.2. The van der Waals surface area contributed by atoms with Crippen LogP contribution in [0.5, 0.6) is 0 Å². The third-order valence-corrected chi connectivity index (χ3v) is 4.90. The van der Waals surface area contributed by atoms with Crippen molar-refractivity contribution in [1.82, 2.24) is 0 Å². The molecule has 2 atom stereocenters. The second-order valence-electron chi connectivity index (χ2n) is 5.86. The van der Waals surface area contributed by atoms with E-state index < -0.39 is 5.41 Å². The highest BCUT2D eigenvalue weighted by Gasteiger charge is 2.64. The minimum absolute atomic E-state index is 0.0215. The second-order valence-corrected chi connectivity index (χ2v) is 5.86. The monoisotopic (exact) mass is 255 g/mol. The molecule has 3 nitrogen and oxygen atoms in total. The van der Waals surface area contributed by atoms with Gasteiger partial charge in [-0.05, 0) is 36.7 Å². The van der Waals surface area contributed by atoms with Gasteiger partial charge >= 0.3 is 5.97 Å². The van der Waals surface area contributed by atoms with Crippen molar-refractivity contribution < 1.29 is 9.53 Å². The molecule has 0 aromatic heterocycles. The van der Waals surface area contributed by atoms with Crippen LogP contribution >= 0.6 is 0 Å². The highest BCUT2D eigenvalue weighted by atomic mass is 16.5. The number of rotatable bonds is 2. The maximum atomic E-state index is 12.4. The molecule has 3 heteroatoms. The average Bonchev–Trinajstić information content (AvgIpc) is 3.14. The van der Waals surface area contributed by atoms with Gasteiger partial charge in [-0.15, -0.1) is 0 Å². The zero-order valence-electron chi connectivity index (χ0n) is 11.1. The summed E-state index contributed by atoms with van der Waals surface area (Å²) in [6.45, 7) is 0. The minimum atomic E-state index is -0.618. The van der Waals surface area contributed by atoms with Crippen molar-refractivity contribution in [3.05, 3.63) is 35.9 Å². The van der Waals surface area contributed by atoms with Crippen LogP contribution in [0.3, 0.4) is 0 Å². The number of benzene rings is 1. The first-order chi connectivity index (χ1) is 9.17. The van der Waals surface area contributed by atoms with E-state index in [2.05, 4.69) is 6.07 Å². The fraction of sp³-hybridized carbons (Fsp3) is 0.500. The molecule has 0 aliphatic heterocycles. The fourth-order valence-electron chi connectivity index (χ4n) is 3.68. The summed E-state index contributed by atoms with van der Waals surface area (Å²) in [6.07, 6.45) is 3.49. The van der Waals surface area contributed by atoms with Gasteiger partial charge in [0.1, 0.15) is 0 Å². The summed E-state index contributed by atoms with van der Waals surface area (Å²) in [4.78, 5) is 12.4. The molecule has 2 fully saturated rings. The highest BCUT2D eigenvalue weighted by Crippen LogP contribution is 2.67. The molecule has 2 saturated carbocycles. The minimum Gasteiger partial charge on any atom is -0.468 e. The zero-order chi connectivity index (χ0) is 13.5. The van der Waals surface area contributed by atoms with Gasteiger partial charge in [-0.25, -0.2) is 0 Å². The van der Waals surface area contributed by atoms with Gasteiger partial charge in [-0.3, -0.25) is 4.79 Å². The van der Waals surface area contributed by atoms with Crippen LogP contribution in [0.1, 0.15) is 31.2 Å². The van der Waals surface area contributed by atoms with E-state index >= 15 is 0 Å². The van der Waals surface area contributed by atoms with Gasteiger partial charge in [0.15, 0.2) is 0 Å². The SMILES string of the molecule is COC(=O)[C@@]1(c2ccccc2)C[C@H](C#N)C2(CC2)C1. The molecule has 1 spiro atoms. The molecule has 0 bridgehead atoms. The van der Waals surface area contributed by atoms with E-state index in [0.717, 1.165) is 24.8 Å². The molecule has 2 aliphatic carbocycles. The molecule has 98 valence electrons. The van der Waals surface area contributed by atoms with Crippen molar-refractivity contribution >= 4 is 5.97 Å². The van der Waals surface area contributed by atoms with E-state index in [4.69, 9.17) is 4.74 Å². The number of hydrogen-bond acceptors (Lipinski definition) is 3. The fourth-order valence-corrected chi connectivity index (χ4v) is 3.68. The van der Waals surface area contributed by atoms with Gasteiger partial charge in [0.05, 0.1) is 24.5 Å². The van der Waals surface area contributed by atoms with Crippen LogP contribution in [0.15, 0.2) is 30.3 Å². The quantitative estimate of drug-likeness (QED) is 0.763. The van der Waals surface area contributed by atoms with Crippen LogP contribution in [0, 0.1) is 22.7 Å². The largest absolute Gasteiger partial charge is 0.468 e. The van der Waals surface area contributed by atoms with Gasteiger partial charge in [0.25, 0.3) is 0 Å². The molecule has 19 heavy (non-hydrogen) atoms. The number of methoxy groups -OCH3 is 1. The molecule has 0 radical (unpaired) electrons. The van der Waals surface area contributed by atoms with Crippen LogP contribution < -0.4 is 0 Å². The van der Waals surface area contributed by atoms with Crippen molar-refractivity contribution in [3.8, 4) is 6.07 Å². The average molecular weight is 255 g/mol. The summed E-state index contributed by atoms with van der Waals surface area (Å²) in [6, 6.07) is 12.2. The third-order valence-electron chi connectivity index (χ3n) is 4.90. The Morgan fingerprint density at radius 1 is 1.37 bits per heavy atom. The van der Waals surface area contributed by atoms with Crippen molar-refractivity contribution in [2.24, 2.45) is 11.3 Å². The van der Waals surface area contributed by atoms with Gasteiger partial charge in [0.2, 0.25) is 0 Å². The molecule has 0 heterocycles. The predicted octanol–water partition coefficient (Wildman–Crippen LogP) is 2.81. The number of ether oxygens (including phenoxy) is 1. The molecule has 0 unspecified atom stereocenters. The Balaban J connectivity index is 2.06. The van der Waals surface area contributed by atoms with E-state index in [1.54, 1.807) is 0 Å². The van der Waals surface area contributed by atoms with Crippen LogP contribution in [-0.4, -0.2) is 13.1 Å². The van der Waals surface area contributed by atoms with Gasteiger partial charge in [0, 0.05) is 0 Å². The van der Waals surface area contributed by atoms with Crippen LogP contribution in [-0.2, 0) is 14.9 Å². The van der Waals surface area contributed by atoms with Gasteiger partial charge in [-0.2, -0.15) is 5.26 Å². The van der Waals surface area contributed by atoms with Gasteiger partial charge < -0.3 is 4.74 Å². The summed E-state index contributed by atoms with van der Waals surface area (Å²) in [5.41, 5.74) is 0.442. The third kappa shape index (κ3) is 1.67. The van der Waals surface area contributed by atoms with Crippen molar-refractivity contribution in [3.63, 3.8) is 0 Å². The van der Waals surface area contributed by atoms with Crippen molar-refractivity contribution in [2.75, 3.05) is 7.11 Å². The summed E-state index contributed by atoms with van der Waals surface area (Å²) in [5, 5.41) is 9.37. The highest BCUT2D eigenvalue weighted by molar-refractivity contribution is 5.84. The first-order valence-electron chi connectivity index (χ1n) is 6.70. The number of carbonyl (C=O) groups excluding carboxylic acids is 1. The van der Waals surface area contributed by atoms with Crippen LogP contribution in [0.4, 0.5) is 0 Å². The van der Waals surface area contributed by atoms with E-state index in [1.807, 2.05) is 30.3 Å². The summed E-state index contributed by atoms with van der Waals surface area (Å²) >= 11 is 0. The zero-order valence-corrected chi connectivity index (χ0v) is 11.1. The molecule has 1 aromatic rings. The number of nitriles is 1. The lowest BCUT2D eigenvalue weighted by molar-refractivity contribution is -0.147. The molecular formula is C16H17NO2. The predicted molar refractivity (Wildman–Crippen MR) is 70.1 cm³/mol. The Hall–Kier alpha value is -1.82. The Bertz CT molecular complexity index is 542. The standard InChI is InChI=1S/C16H17NO2/c1-19-14(18)16(12-5-3-2-4-6-12)9-13(10-17)15(11-16)7-8-15/h2-6,13H,7-9,11H2,1H3/t13-,16+/m1/s1. The molecule has 0 N–H and O–H groups in total. The Labute approximate surface area is 113 Å². The first-order valence-corrected chi connectivity index (χ1v) is 6.70. The maximum Gasteiger partial charge on any atom is 0.316 e. The van der Waals surface area contributed by atoms with Gasteiger partial charge in [-0.1, -0.05) is 30.3 Å². The van der Waals surface area contributed by atoms with Crippen LogP contribution in [0.2, 0.25) is 0 Å². The number of hydrogen-bond donors (Lipinski definition) is 0. The van der Waals surface area contributed by atoms with Crippen molar-refractivity contribution in [1.29, 1.82) is 5.26 Å². The topological polar surface area (TPSA) is 50.1 Å². The smallest absolute Gasteiger partial charge is 0.316 e. The molecule has 0 saturated heterocycles. The lowest BCUT2D eigenvalue weighted by atomic mass is 9.77. The van der Waals surface area contributed by atoms with Crippen LogP contribution in [0.25, 0.3) is 0 Å². The molecule has 2 aliphatic rings. The molecule has 3 rings (SSSR count). The Kier molecular flexibility index (Phi) is 2.63. The summed E-state index contributed by atoms with van der Waals surface area (Å²) in [7, 11) is 1.44. The number of esters is 1. The van der Waals surface area contributed by atoms with E-state index in [1.165, 1.54) is 7.11 Å². The van der Waals surface area contributed by atoms with E-state index in [-0.39, 0.29) is 17.3 Å². The normalized spacial score (nSPS) is 30.8. The van der Waals surface area contributed by atoms with E-state index in [0.29, 0.717) is 6.42 Å². The number of carbonyl (C=O) groups is 1. The Morgan fingerprint density at radius 3 is 2.53 bits per heavy atom. The van der Waals surface area contributed by atoms with Crippen molar-refractivity contribution in [2.45, 2.75) is 31.1 Å².